The van der Waals surface area contributed by atoms with E-state index in [4.69, 9.17) is 4.74 Å². The molecule has 0 radical (unpaired) electrons. The summed E-state index contributed by atoms with van der Waals surface area (Å²) in [6.07, 6.45) is 1.27. The second kappa shape index (κ2) is 3.75. The molecule has 5 heteroatoms. The highest BCUT2D eigenvalue weighted by molar-refractivity contribution is 5.89. The number of H-pyrrole nitrogens is 1. The molecule has 1 heterocycles. The number of rotatable bonds is 2. The number of esters is 1. The smallest absolute Gasteiger partial charge is 0.339 e. The molecule has 0 saturated carbocycles. The van der Waals surface area contributed by atoms with Gasteiger partial charge in [-0.1, -0.05) is 0 Å². The summed E-state index contributed by atoms with van der Waals surface area (Å²) in [4.78, 5) is 24.3. The van der Waals surface area contributed by atoms with Gasteiger partial charge in [0.1, 0.15) is 0 Å². The van der Waals surface area contributed by atoms with E-state index in [0.29, 0.717) is 0 Å². The monoisotopic (exact) mass is 183 g/mol. The molecule has 0 aromatic carbocycles. The average molecular weight is 183 g/mol. The molecule has 13 heavy (non-hydrogen) atoms. The van der Waals surface area contributed by atoms with Crippen LogP contribution in [-0.2, 0) is 4.74 Å². The highest BCUT2D eigenvalue weighted by Gasteiger charge is 2.08. The first-order valence-electron chi connectivity index (χ1n) is 3.54. The largest absolute Gasteiger partial charge is 0.491 e. The van der Waals surface area contributed by atoms with Crippen LogP contribution in [-0.4, -0.2) is 25.2 Å². The van der Waals surface area contributed by atoms with Gasteiger partial charge in [-0.3, -0.25) is 4.79 Å². The topological polar surface area (TPSA) is 68.4 Å². The zero-order chi connectivity index (χ0) is 9.84. The number of hydrogen-bond acceptors (Lipinski definition) is 4. The Morgan fingerprint density at radius 2 is 2.15 bits per heavy atom. The zero-order valence-electron chi connectivity index (χ0n) is 7.29. The van der Waals surface area contributed by atoms with Gasteiger partial charge in [0.15, 0.2) is 5.75 Å². The molecule has 0 bridgehead atoms. The minimum absolute atomic E-state index is 0.0860. The van der Waals surface area contributed by atoms with E-state index in [1.54, 1.807) is 0 Å². The van der Waals surface area contributed by atoms with Crippen LogP contribution in [0.2, 0.25) is 0 Å². The van der Waals surface area contributed by atoms with Crippen molar-refractivity contribution in [3.8, 4) is 5.75 Å². The van der Waals surface area contributed by atoms with Crippen LogP contribution in [0.5, 0.6) is 5.75 Å². The molecule has 0 unspecified atom stereocenters. The molecule has 0 fully saturated rings. The Balaban J connectivity index is 3.13. The second-order valence-electron chi connectivity index (χ2n) is 2.28. The molecule has 0 aliphatic rings. The van der Waals surface area contributed by atoms with Gasteiger partial charge in [0, 0.05) is 12.3 Å². The van der Waals surface area contributed by atoms with Crippen molar-refractivity contribution in [1.29, 1.82) is 0 Å². The van der Waals surface area contributed by atoms with Crippen molar-refractivity contribution in [3.63, 3.8) is 0 Å². The molecule has 1 aromatic heterocycles. The minimum Gasteiger partial charge on any atom is -0.491 e. The third-order valence-electron chi connectivity index (χ3n) is 1.51. The van der Waals surface area contributed by atoms with Crippen molar-refractivity contribution in [2.75, 3.05) is 14.2 Å². The molecule has 5 nitrogen and oxygen atoms in total. The van der Waals surface area contributed by atoms with Gasteiger partial charge >= 0.3 is 5.97 Å². The molecule has 0 saturated heterocycles. The third kappa shape index (κ3) is 1.87. The van der Waals surface area contributed by atoms with Crippen LogP contribution in [0, 0.1) is 0 Å². The van der Waals surface area contributed by atoms with E-state index in [9.17, 15) is 9.59 Å². The lowest BCUT2D eigenvalue weighted by molar-refractivity contribution is 0.0600. The Morgan fingerprint density at radius 1 is 1.46 bits per heavy atom. The summed E-state index contributed by atoms with van der Waals surface area (Å²) in [7, 11) is 2.62. The normalized spacial score (nSPS) is 9.38. The SMILES string of the molecule is COC(=O)c1c[nH]c(=O)c(OC)c1. The van der Waals surface area contributed by atoms with Gasteiger partial charge in [-0.15, -0.1) is 0 Å². The molecule has 0 aliphatic carbocycles. The molecule has 1 N–H and O–H groups in total. The summed E-state index contributed by atoms with van der Waals surface area (Å²) in [6, 6.07) is 1.32. The molecule has 70 valence electrons. The molecule has 0 atom stereocenters. The number of aromatic nitrogens is 1. The first-order chi connectivity index (χ1) is 6.19. The first kappa shape index (κ1) is 9.31. The van der Waals surface area contributed by atoms with E-state index in [0.717, 1.165) is 0 Å². The number of aromatic amines is 1. The van der Waals surface area contributed by atoms with Gasteiger partial charge in [0.2, 0.25) is 0 Å². The van der Waals surface area contributed by atoms with Crippen molar-refractivity contribution in [2.45, 2.75) is 0 Å². The number of ether oxygens (including phenoxy) is 2. The summed E-state index contributed by atoms with van der Waals surface area (Å²) >= 11 is 0. The Hall–Kier alpha value is -1.78. The van der Waals surface area contributed by atoms with Crippen LogP contribution in [0.4, 0.5) is 0 Å². The van der Waals surface area contributed by atoms with Crippen molar-refractivity contribution in [2.24, 2.45) is 0 Å². The molecule has 0 amide bonds. The van der Waals surface area contributed by atoms with Crippen LogP contribution >= 0.6 is 0 Å². The van der Waals surface area contributed by atoms with Crippen molar-refractivity contribution in [3.05, 3.63) is 28.2 Å². The number of methoxy groups -OCH3 is 2. The van der Waals surface area contributed by atoms with Gasteiger partial charge in [-0.25, -0.2) is 4.79 Å². The summed E-state index contributed by atoms with van der Waals surface area (Å²) in [5, 5.41) is 0. The number of carbonyl (C=O) groups is 1. The minimum atomic E-state index is -0.519. The Labute approximate surface area is 74.3 Å². The van der Waals surface area contributed by atoms with E-state index in [1.807, 2.05) is 0 Å². The van der Waals surface area contributed by atoms with Crippen LogP contribution in [0.1, 0.15) is 10.4 Å². The Morgan fingerprint density at radius 3 is 2.69 bits per heavy atom. The lowest BCUT2D eigenvalue weighted by atomic mass is 10.3. The molecule has 1 rings (SSSR count). The summed E-state index contributed by atoms with van der Waals surface area (Å²) in [5.74, 6) is -0.433. The van der Waals surface area contributed by atoms with E-state index >= 15 is 0 Å². The standard InChI is InChI=1S/C8H9NO4/c1-12-6-3-5(8(11)13-2)4-9-7(6)10/h3-4H,1-2H3,(H,9,10). The fourth-order valence-corrected chi connectivity index (χ4v) is 0.850. The van der Waals surface area contributed by atoms with Crippen molar-refractivity contribution in [1.82, 2.24) is 4.98 Å². The lowest BCUT2D eigenvalue weighted by Gasteiger charge is -2.01. The molecular formula is C8H9NO4. The third-order valence-corrected chi connectivity index (χ3v) is 1.51. The highest BCUT2D eigenvalue weighted by Crippen LogP contribution is 2.05. The van der Waals surface area contributed by atoms with E-state index in [1.165, 1.54) is 26.5 Å². The first-order valence-corrected chi connectivity index (χ1v) is 3.54. The summed E-state index contributed by atoms with van der Waals surface area (Å²) < 4.78 is 9.19. The molecule has 0 spiro atoms. The maximum atomic E-state index is 11.0. The summed E-state index contributed by atoms with van der Waals surface area (Å²) in [6.45, 7) is 0. The molecular weight excluding hydrogens is 174 g/mol. The Kier molecular flexibility index (Phi) is 2.69. The predicted molar refractivity (Wildman–Crippen MR) is 45.0 cm³/mol. The lowest BCUT2D eigenvalue weighted by Crippen LogP contribution is -2.12. The molecule has 1 aromatic rings. The van der Waals surface area contributed by atoms with Gasteiger partial charge in [-0.2, -0.15) is 0 Å². The Bertz CT molecular complexity index is 369. The average Bonchev–Trinajstić information content (AvgIpc) is 2.17. The van der Waals surface area contributed by atoms with E-state index < -0.39 is 5.97 Å². The van der Waals surface area contributed by atoms with Gasteiger partial charge in [0.25, 0.3) is 5.56 Å². The number of pyridine rings is 1. The zero-order valence-corrected chi connectivity index (χ0v) is 7.29. The molecule has 0 aliphatic heterocycles. The van der Waals surface area contributed by atoms with Crippen LogP contribution in [0.15, 0.2) is 17.1 Å². The second-order valence-corrected chi connectivity index (χ2v) is 2.28. The quantitative estimate of drug-likeness (QED) is 0.663. The fraction of sp³-hybridized carbons (Fsp3) is 0.250. The van der Waals surface area contributed by atoms with Gasteiger partial charge in [-0.05, 0) is 0 Å². The maximum absolute atomic E-state index is 11.0. The van der Waals surface area contributed by atoms with Crippen LogP contribution < -0.4 is 10.3 Å². The van der Waals surface area contributed by atoms with Crippen molar-refractivity contribution >= 4 is 5.97 Å². The highest BCUT2D eigenvalue weighted by atomic mass is 16.5. The maximum Gasteiger partial charge on any atom is 0.339 e. The number of nitrogens with one attached hydrogen (secondary N) is 1. The van der Waals surface area contributed by atoms with Crippen molar-refractivity contribution < 1.29 is 14.3 Å². The summed E-state index contributed by atoms with van der Waals surface area (Å²) in [5.41, 5.74) is -0.130. The fourth-order valence-electron chi connectivity index (χ4n) is 0.850. The number of carbonyl (C=O) groups excluding carboxylic acids is 1. The van der Waals surface area contributed by atoms with Gasteiger partial charge < -0.3 is 14.5 Å². The van der Waals surface area contributed by atoms with E-state index in [2.05, 4.69) is 9.72 Å². The van der Waals surface area contributed by atoms with E-state index in [-0.39, 0.29) is 16.9 Å². The van der Waals surface area contributed by atoms with Crippen LogP contribution in [0.3, 0.4) is 0 Å². The van der Waals surface area contributed by atoms with Crippen LogP contribution in [0.25, 0.3) is 0 Å². The predicted octanol–water partition coefficient (Wildman–Crippen LogP) is 0.170. The van der Waals surface area contributed by atoms with Gasteiger partial charge in [0.05, 0.1) is 19.8 Å². The number of hydrogen-bond donors (Lipinski definition) is 1.